The molecule has 4 rings (SSSR count). The summed E-state index contributed by atoms with van der Waals surface area (Å²) in [6.45, 7) is 0. The zero-order valence-electron chi connectivity index (χ0n) is 14.4. The quantitative estimate of drug-likeness (QED) is 0.283. The summed E-state index contributed by atoms with van der Waals surface area (Å²) in [5, 5.41) is 19.1. The molecule has 2 amide bonds. The van der Waals surface area contributed by atoms with E-state index >= 15 is 0 Å². The van der Waals surface area contributed by atoms with Gasteiger partial charge >= 0.3 is 0 Å². The fraction of sp³-hybridized carbons (Fsp3) is 0. The molecule has 0 aliphatic carbocycles. The molecule has 0 unspecified atom stereocenters. The molecule has 0 atom stereocenters. The highest BCUT2D eigenvalue weighted by Crippen LogP contribution is 2.31. The monoisotopic (exact) mass is 372 g/mol. The Labute approximate surface area is 158 Å². The minimum absolute atomic E-state index is 0.0204. The van der Waals surface area contributed by atoms with E-state index in [-0.39, 0.29) is 16.8 Å². The van der Waals surface area contributed by atoms with Gasteiger partial charge < -0.3 is 0 Å². The lowest BCUT2D eigenvalue weighted by molar-refractivity contribution is -0.384. The van der Waals surface area contributed by atoms with Crippen LogP contribution >= 0.6 is 0 Å². The van der Waals surface area contributed by atoms with Gasteiger partial charge in [-0.15, -0.1) is 0 Å². The van der Waals surface area contributed by atoms with Crippen LogP contribution in [0.1, 0.15) is 20.7 Å². The number of benzene rings is 3. The highest BCUT2D eigenvalue weighted by atomic mass is 16.6. The highest BCUT2D eigenvalue weighted by Gasteiger charge is 2.37. The summed E-state index contributed by atoms with van der Waals surface area (Å²) in [6, 6.07) is 19.3. The number of imide groups is 1. The van der Waals surface area contributed by atoms with Gasteiger partial charge in [-0.25, -0.2) is 4.90 Å². The number of hydrogen-bond donors (Lipinski definition) is 0. The van der Waals surface area contributed by atoms with Crippen molar-refractivity contribution in [3.8, 4) is 0 Å². The molecule has 3 aromatic carbocycles. The first-order valence-corrected chi connectivity index (χ1v) is 8.29. The molecule has 0 saturated heterocycles. The fourth-order valence-electron chi connectivity index (χ4n) is 2.86. The molecule has 0 N–H and O–H groups in total. The molecule has 0 aromatic heterocycles. The number of nitro groups is 1. The van der Waals surface area contributed by atoms with Crippen LogP contribution in [0.5, 0.6) is 0 Å². The Hall–Kier alpha value is -4.20. The van der Waals surface area contributed by atoms with E-state index in [1.807, 2.05) is 30.3 Å². The van der Waals surface area contributed by atoms with Crippen LogP contribution in [0.15, 0.2) is 83.0 Å². The van der Waals surface area contributed by atoms with Crippen molar-refractivity contribution in [2.45, 2.75) is 0 Å². The zero-order valence-corrected chi connectivity index (χ0v) is 14.4. The molecule has 8 heteroatoms. The topological polar surface area (TPSA) is 105 Å². The highest BCUT2D eigenvalue weighted by molar-refractivity contribution is 6.34. The van der Waals surface area contributed by atoms with Crippen LogP contribution in [0, 0.1) is 10.1 Å². The number of azo groups is 1. The Morgan fingerprint density at radius 3 is 2.00 bits per heavy atom. The normalized spacial score (nSPS) is 13.2. The molecular formula is C20H12N4O4. The minimum atomic E-state index is -0.604. The summed E-state index contributed by atoms with van der Waals surface area (Å²) in [5.74, 6) is -1.11. The molecule has 0 fully saturated rings. The van der Waals surface area contributed by atoms with Crippen molar-refractivity contribution in [2.75, 3.05) is 4.90 Å². The summed E-state index contributed by atoms with van der Waals surface area (Å²) in [5.41, 5.74) is 1.54. The van der Waals surface area contributed by atoms with E-state index in [0.29, 0.717) is 17.1 Å². The van der Waals surface area contributed by atoms with E-state index in [9.17, 15) is 19.7 Å². The maximum absolute atomic E-state index is 12.6. The molecule has 136 valence electrons. The van der Waals surface area contributed by atoms with Gasteiger partial charge in [-0.1, -0.05) is 18.2 Å². The van der Waals surface area contributed by atoms with E-state index in [1.165, 1.54) is 12.1 Å². The number of carbonyl (C=O) groups is 2. The van der Waals surface area contributed by atoms with Crippen molar-refractivity contribution < 1.29 is 14.5 Å². The second kappa shape index (κ2) is 6.84. The molecule has 3 aromatic rings. The average Bonchev–Trinajstić information content (AvgIpc) is 2.97. The van der Waals surface area contributed by atoms with Crippen molar-refractivity contribution in [1.29, 1.82) is 0 Å². The van der Waals surface area contributed by atoms with Crippen molar-refractivity contribution >= 4 is 34.6 Å². The largest absolute Gasteiger partial charge is 0.270 e. The van der Waals surface area contributed by atoms with E-state index in [1.54, 1.807) is 24.3 Å². The molecule has 0 spiro atoms. The van der Waals surface area contributed by atoms with Gasteiger partial charge in [0, 0.05) is 12.1 Å². The summed E-state index contributed by atoms with van der Waals surface area (Å²) in [7, 11) is 0. The zero-order chi connectivity index (χ0) is 19.7. The third-order valence-corrected chi connectivity index (χ3v) is 4.23. The lowest BCUT2D eigenvalue weighted by atomic mass is 10.1. The van der Waals surface area contributed by atoms with Gasteiger partial charge in [0.15, 0.2) is 0 Å². The van der Waals surface area contributed by atoms with Gasteiger partial charge in [0.25, 0.3) is 17.5 Å². The average molecular weight is 372 g/mol. The van der Waals surface area contributed by atoms with Gasteiger partial charge in [0.1, 0.15) is 0 Å². The smallest absolute Gasteiger partial charge is 0.268 e. The summed E-state index contributed by atoms with van der Waals surface area (Å²) >= 11 is 0. The molecular weight excluding hydrogens is 360 g/mol. The number of non-ortho nitro benzene ring substituents is 1. The lowest BCUT2D eigenvalue weighted by Gasteiger charge is -2.13. The molecule has 28 heavy (non-hydrogen) atoms. The van der Waals surface area contributed by atoms with Gasteiger partial charge in [0.2, 0.25) is 0 Å². The molecule has 8 nitrogen and oxygen atoms in total. The molecule has 0 saturated carbocycles. The summed E-state index contributed by atoms with van der Waals surface area (Å²) in [4.78, 5) is 36.5. The van der Waals surface area contributed by atoms with Gasteiger partial charge in [-0.2, -0.15) is 10.2 Å². The maximum atomic E-state index is 12.6. The van der Waals surface area contributed by atoms with Crippen molar-refractivity contribution in [2.24, 2.45) is 10.2 Å². The SMILES string of the molecule is O=C1c2ccc([N+](=O)[O-])cc2C(=O)N1c1ccc(N=Nc2ccccc2)cc1. The predicted molar refractivity (Wildman–Crippen MR) is 101 cm³/mol. The second-order valence-electron chi connectivity index (χ2n) is 5.98. The fourth-order valence-corrected chi connectivity index (χ4v) is 2.86. The standard InChI is InChI=1S/C20H12N4O4/c25-19-17-11-10-16(24(27)28)12-18(17)20(26)23(19)15-8-6-14(7-9-15)22-21-13-4-2-1-3-5-13/h1-12H. The maximum Gasteiger partial charge on any atom is 0.270 e. The van der Waals surface area contributed by atoms with Crippen LogP contribution in [-0.2, 0) is 0 Å². The van der Waals surface area contributed by atoms with Gasteiger partial charge in [-0.05, 0) is 42.5 Å². The number of rotatable bonds is 4. The molecule has 1 aliphatic heterocycles. The van der Waals surface area contributed by atoms with E-state index < -0.39 is 16.7 Å². The lowest BCUT2D eigenvalue weighted by Crippen LogP contribution is -2.29. The number of carbonyl (C=O) groups excluding carboxylic acids is 2. The number of fused-ring (bicyclic) bond motifs is 1. The van der Waals surface area contributed by atoms with Crippen LogP contribution in [0.25, 0.3) is 0 Å². The summed E-state index contributed by atoms with van der Waals surface area (Å²) < 4.78 is 0. The number of nitrogens with zero attached hydrogens (tertiary/aromatic N) is 4. The van der Waals surface area contributed by atoms with Crippen LogP contribution in [0.2, 0.25) is 0 Å². The first-order valence-electron chi connectivity index (χ1n) is 8.29. The Balaban J connectivity index is 1.59. The third kappa shape index (κ3) is 3.03. The Kier molecular flexibility index (Phi) is 4.21. The van der Waals surface area contributed by atoms with Crippen LogP contribution in [0.4, 0.5) is 22.7 Å². The van der Waals surface area contributed by atoms with E-state index in [4.69, 9.17) is 0 Å². The van der Waals surface area contributed by atoms with Gasteiger partial charge in [0.05, 0.1) is 33.1 Å². The van der Waals surface area contributed by atoms with Crippen molar-refractivity contribution in [3.63, 3.8) is 0 Å². The molecule has 1 heterocycles. The Morgan fingerprint density at radius 2 is 1.36 bits per heavy atom. The Morgan fingerprint density at radius 1 is 0.750 bits per heavy atom. The van der Waals surface area contributed by atoms with Crippen LogP contribution < -0.4 is 4.90 Å². The first kappa shape index (κ1) is 17.2. The number of nitro benzene ring substituents is 1. The second-order valence-corrected chi connectivity index (χ2v) is 5.98. The minimum Gasteiger partial charge on any atom is -0.268 e. The van der Waals surface area contributed by atoms with Crippen LogP contribution in [0.3, 0.4) is 0 Å². The van der Waals surface area contributed by atoms with Crippen molar-refractivity contribution in [1.82, 2.24) is 0 Å². The van der Waals surface area contributed by atoms with E-state index in [2.05, 4.69) is 10.2 Å². The van der Waals surface area contributed by atoms with Crippen molar-refractivity contribution in [3.05, 3.63) is 94.0 Å². The third-order valence-electron chi connectivity index (χ3n) is 4.23. The number of amides is 2. The Bertz CT molecular complexity index is 1120. The molecule has 0 radical (unpaired) electrons. The first-order chi connectivity index (χ1) is 13.5. The molecule has 0 bridgehead atoms. The molecule has 1 aliphatic rings. The van der Waals surface area contributed by atoms with Crippen LogP contribution in [-0.4, -0.2) is 16.7 Å². The summed E-state index contributed by atoms with van der Waals surface area (Å²) in [6.07, 6.45) is 0. The predicted octanol–water partition coefficient (Wildman–Crippen LogP) is 4.81. The van der Waals surface area contributed by atoms with E-state index in [0.717, 1.165) is 11.0 Å². The van der Waals surface area contributed by atoms with Gasteiger partial charge in [-0.3, -0.25) is 19.7 Å². The number of hydrogen-bond acceptors (Lipinski definition) is 6. The number of anilines is 1.